The van der Waals surface area contributed by atoms with Crippen LogP contribution in [0.15, 0.2) is 0 Å². The maximum Gasteiger partial charge on any atom is 0.312 e. The number of aliphatic hydroxyl groups is 1. The molecule has 2 fully saturated rings. The van der Waals surface area contributed by atoms with Crippen LogP contribution in [0.2, 0.25) is 0 Å². The lowest BCUT2D eigenvalue weighted by Gasteiger charge is -2.29. The van der Waals surface area contributed by atoms with Gasteiger partial charge in [-0.15, -0.1) is 0 Å². The summed E-state index contributed by atoms with van der Waals surface area (Å²) in [7, 11) is 0. The van der Waals surface area contributed by atoms with E-state index in [0.717, 1.165) is 18.2 Å². The fourth-order valence-corrected chi connectivity index (χ4v) is 3.34. The number of hydrogen-bond acceptors (Lipinski definition) is 3. The molecular weight excluding hydrogens is 236 g/mol. The summed E-state index contributed by atoms with van der Waals surface area (Å²) in [6.45, 7) is 1.75. The zero-order valence-corrected chi connectivity index (χ0v) is 9.08. The van der Waals surface area contributed by atoms with Crippen molar-refractivity contribution in [3.63, 3.8) is 0 Å². The number of esters is 1. The van der Waals surface area contributed by atoms with Crippen molar-refractivity contribution in [2.24, 2.45) is 11.8 Å². The molecule has 1 heterocycles. The summed E-state index contributed by atoms with van der Waals surface area (Å²) < 4.78 is 5.12. The highest BCUT2D eigenvalue weighted by Gasteiger charge is 2.61. The minimum absolute atomic E-state index is 0.152. The number of carbonyl (C=O) groups excluding carboxylic acids is 1. The van der Waals surface area contributed by atoms with Crippen LogP contribution in [0.1, 0.15) is 19.8 Å². The van der Waals surface area contributed by atoms with E-state index in [-0.39, 0.29) is 23.9 Å². The Morgan fingerprint density at radius 3 is 3.00 bits per heavy atom. The molecule has 1 N–H and O–H groups in total. The van der Waals surface area contributed by atoms with Crippen molar-refractivity contribution in [3.05, 3.63) is 0 Å². The molecule has 3 nitrogen and oxygen atoms in total. The van der Waals surface area contributed by atoms with Crippen LogP contribution >= 0.6 is 15.9 Å². The largest absolute Gasteiger partial charge is 0.459 e. The van der Waals surface area contributed by atoms with Gasteiger partial charge in [0.05, 0.1) is 5.92 Å². The van der Waals surface area contributed by atoms with E-state index in [9.17, 15) is 9.90 Å². The molecule has 13 heavy (non-hydrogen) atoms. The van der Waals surface area contributed by atoms with E-state index in [2.05, 4.69) is 15.9 Å². The Bertz CT molecular complexity index is 243. The molecule has 4 atom stereocenters. The molecule has 4 heteroatoms. The molecular formula is C9H13BrO3. The highest BCUT2D eigenvalue weighted by atomic mass is 79.9. The summed E-state index contributed by atoms with van der Waals surface area (Å²) in [5.41, 5.74) is -0.916. The number of rotatable bonds is 1. The topological polar surface area (TPSA) is 46.5 Å². The van der Waals surface area contributed by atoms with Gasteiger partial charge in [-0.3, -0.25) is 4.79 Å². The van der Waals surface area contributed by atoms with Crippen molar-refractivity contribution in [2.75, 3.05) is 5.33 Å². The lowest BCUT2D eigenvalue weighted by atomic mass is 9.82. The van der Waals surface area contributed by atoms with Gasteiger partial charge in [0.25, 0.3) is 0 Å². The van der Waals surface area contributed by atoms with Gasteiger partial charge in [0.2, 0.25) is 0 Å². The molecule has 0 unspecified atom stereocenters. The Morgan fingerprint density at radius 2 is 2.38 bits per heavy atom. The fraction of sp³-hybridized carbons (Fsp3) is 0.889. The predicted molar refractivity (Wildman–Crippen MR) is 50.5 cm³/mol. The third-order valence-corrected chi connectivity index (χ3v) is 4.22. The number of alkyl halides is 1. The zero-order chi connectivity index (χ0) is 9.64. The van der Waals surface area contributed by atoms with Gasteiger partial charge in [-0.2, -0.15) is 0 Å². The Morgan fingerprint density at radius 1 is 1.69 bits per heavy atom. The molecule has 2 rings (SSSR count). The molecule has 2 aliphatic rings. The van der Waals surface area contributed by atoms with Gasteiger partial charge < -0.3 is 9.84 Å². The molecule has 0 radical (unpaired) electrons. The SMILES string of the molecule is C[C@@H]1C(=O)O[C@@H]2CC[C@H](CBr)[C@]12O. The van der Waals surface area contributed by atoms with E-state index in [0.29, 0.717) is 0 Å². The maximum atomic E-state index is 11.3. The Balaban J connectivity index is 2.30. The van der Waals surface area contributed by atoms with Crippen LogP contribution in [0.5, 0.6) is 0 Å². The summed E-state index contributed by atoms with van der Waals surface area (Å²) in [4.78, 5) is 11.3. The minimum Gasteiger partial charge on any atom is -0.459 e. The molecule has 1 saturated heterocycles. The van der Waals surface area contributed by atoms with Crippen LogP contribution in [0.25, 0.3) is 0 Å². The molecule has 0 aromatic heterocycles. The number of fused-ring (bicyclic) bond motifs is 1. The highest BCUT2D eigenvalue weighted by Crippen LogP contribution is 2.48. The van der Waals surface area contributed by atoms with Crippen LogP contribution in [0.4, 0.5) is 0 Å². The van der Waals surface area contributed by atoms with E-state index < -0.39 is 5.60 Å². The first-order valence-electron chi connectivity index (χ1n) is 4.59. The van der Waals surface area contributed by atoms with Crippen LogP contribution in [-0.4, -0.2) is 28.1 Å². The normalized spacial score (nSPS) is 49.2. The summed E-state index contributed by atoms with van der Waals surface area (Å²) in [6.07, 6.45) is 1.46. The summed E-state index contributed by atoms with van der Waals surface area (Å²) >= 11 is 3.37. The van der Waals surface area contributed by atoms with E-state index >= 15 is 0 Å². The quantitative estimate of drug-likeness (QED) is 0.558. The van der Waals surface area contributed by atoms with Gasteiger partial charge >= 0.3 is 5.97 Å². The van der Waals surface area contributed by atoms with E-state index in [1.54, 1.807) is 6.92 Å². The molecule has 1 aliphatic carbocycles. The van der Waals surface area contributed by atoms with Gasteiger partial charge in [0.1, 0.15) is 11.7 Å². The van der Waals surface area contributed by atoms with Crippen molar-refractivity contribution in [1.29, 1.82) is 0 Å². The van der Waals surface area contributed by atoms with Crippen molar-refractivity contribution < 1.29 is 14.6 Å². The standard InChI is InChI=1S/C9H13BrO3/c1-5-8(11)13-7-3-2-6(4-10)9(5,7)12/h5-7,12H,2-4H2,1H3/t5-,6-,7-,9-/m1/s1. The first kappa shape index (κ1) is 9.46. The lowest BCUT2D eigenvalue weighted by molar-refractivity contribution is -0.144. The van der Waals surface area contributed by atoms with Gasteiger partial charge in [-0.05, 0) is 19.8 Å². The molecule has 74 valence electrons. The van der Waals surface area contributed by atoms with Crippen molar-refractivity contribution in [1.82, 2.24) is 0 Å². The Hall–Kier alpha value is -0.0900. The van der Waals surface area contributed by atoms with E-state index in [1.165, 1.54) is 0 Å². The Labute approximate surface area is 85.6 Å². The summed E-state index contributed by atoms with van der Waals surface area (Å²) in [5.74, 6) is -0.473. The molecule has 1 aliphatic heterocycles. The van der Waals surface area contributed by atoms with Crippen LogP contribution in [0, 0.1) is 11.8 Å². The average molecular weight is 249 g/mol. The first-order valence-corrected chi connectivity index (χ1v) is 5.71. The predicted octanol–water partition coefficient (Wildman–Crippen LogP) is 1.08. The summed E-state index contributed by atoms with van der Waals surface area (Å²) in [5, 5.41) is 11.1. The van der Waals surface area contributed by atoms with Crippen molar-refractivity contribution in [3.8, 4) is 0 Å². The monoisotopic (exact) mass is 248 g/mol. The number of carbonyl (C=O) groups is 1. The molecule has 0 bridgehead atoms. The third-order valence-electron chi connectivity index (χ3n) is 3.44. The van der Waals surface area contributed by atoms with Gasteiger partial charge in [0.15, 0.2) is 0 Å². The highest BCUT2D eigenvalue weighted by molar-refractivity contribution is 9.09. The number of hydrogen-bond donors (Lipinski definition) is 1. The molecule has 1 saturated carbocycles. The van der Waals surface area contributed by atoms with E-state index in [1.807, 2.05) is 0 Å². The zero-order valence-electron chi connectivity index (χ0n) is 7.50. The van der Waals surface area contributed by atoms with Crippen LogP contribution < -0.4 is 0 Å². The maximum absolute atomic E-state index is 11.3. The molecule has 0 spiro atoms. The van der Waals surface area contributed by atoms with Crippen LogP contribution in [-0.2, 0) is 9.53 Å². The van der Waals surface area contributed by atoms with Gasteiger partial charge in [-0.1, -0.05) is 15.9 Å². The van der Waals surface area contributed by atoms with Crippen LogP contribution in [0.3, 0.4) is 0 Å². The summed E-state index contributed by atoms with van der Waals surface area (Å²) in [6, 6.07) is 0. The van der Waals surface area contributed by atoms with E-state index in [4.69, 9.17) is 4.74 Å². The number of ether oxygens (including phenoxy) is 1. The van der Waals surface area contributed by atoms with Crippen molar-refractivity contribution >= 4 is 21.9 Å². The Kier molecular flexibility index (Phi) is 2.15. The molecule has 0 aromatic rings. The van der Waals surface area contributed by atoms with Crippen molar-refractivity contribution in [2.45, 2.75) is 31.5 Å². The minimum atomic E-state index is -0.916. The third kappa shape index (κ3) is 1.08. The lowest BCUT2D eigenvalue weighted by Crippen LogP contribution is -2.45. The average Bonchev–Trinajstić information content (AvgIpc) is 2.52. The molecule has 0 aromatic carbocycles. The smallest absolute Gasteiger partial charge is 0.312 e. The second-order valence-corrected chi connectivity index (χ2v) is 4.61. The van der Waals surface area contributed by atoms with Gasteiger partial charge in [-0.25, -0.2) is 0 Å². The second kappa shape index (κ2) is 2.95. The second-order valence-electron chi connectivity index (χ2n) is 3.96. The fourth-order valence-electron chi connectivity index (χ4n) is 2.50. The number of halogens is 1. The molecule has 0 amide bonds. The first-order chi connectivity index (χ1) is 6.10. The van der Waals surface area contributed by atoms with Gasteiger partial charge in [0, 0.05) is 11.2 Å².